The third-order valence-electron chi connectivity index (χ3n) is 2.65. The number of nitrogens with zero attached hydrogens (tertiary/aromatic N) is 1. The van der Waals surface area contributed by atoms with Crippen molar-refractivity contribution in [1.82, 2.24) is 4.90 Å². The molecule has 0 aliphatic carbocycles. The number of carbonyl (C=O) groups excluding carboxylic acids is 1. The summed E-state index contributed by atoms with van der Waals surface area (Å²) in [5, 5.41) is 0.348. The van der Waals surface area contributed by atoms with E-state index in [2.05, 4.69) is 6.92 Å². The zero-order chi connectivity index (χ0) is 10.7. The second kappa shape index (κ2) is 4.71. The van der Waals surface area contributed by atoms with Gasteiger partial charge in [-0.3, -0.25) is 4.79 Å². The third-order valence-corrected chi connectivity index (χ3v) is 3.80. The molecule has 1 unspecified atom stereocenters. The Balaban J connectivity index is 1.98. The Morgan fingerprint density at radius 1 is 1.47 bits per heavy atom. The summed E-state index contributed by atoms with van der Waals surface area (Å²) in [6, 6.07) is 9.94. The highest BCUT2D eigenvalue weighted by Crippen LogP contribution is 2.23. The Bertz CT molecular complexity index is 339. The standard InChI is InChI=1S/C12H15NOS/c1-10-13(7-8-15-10)12(14)9-11-5-3-2-4-6-11/h2-6,10H,7-9H2,1H3. The highest BCUT2D eigenvalue weighted by Gasteiger charge is 2.25. The average molecular weight is 221 g/mol. The van der Waals surface area contributed by atoms with E-state index < -0.39 is 0 Å². The summed E-state index contributed by atoms with van der Waals surface area (Å²) in [4.78, 5) is 13.9. The molecule has 1 saturated heterocycles. The molecule has 0 N–H and O–H groups in total. The van der Waals surface area contributed by atoms with Gasteiger partial charge in [0.05, 0.1) is 11.8 Å². The molecule has 1 aliphatic heterocycles. The second-order valence-electron chi connectivity index (χ2n) is 3.72. The Kier molecular flexibility index (Phi) is 3.31. The molecule has 1 aliphatic rings. The molecule has 2 rings (SSSR count). The maximum atomic E-state index is 11.9. The maximum absolute atomic E-state index is 11.9. The zero-order valence-corrected chi connectivity index (χ0v) is 9.67. The van der Waals surface area contributed by atoms with E-state index in [9.17, 15) is 4.79 Å². The van der Waals surface area contributed by atoms with E-state index in [1.54, 1.807) is 0 Å². The quantitative estimate of drug-likeness (QED) is 0.762. The first kappa shape index (κ1) is 10.6. The van der Waals surface area contributed by atoms with E-state index in [0.29, 0.717) is 11.8 Å². The van der Waals surface area contributed by atoms with E-state index in [1.165, 1.54) is 0 Å². The van der Waals surface area contributed by atoms with Crippen LogP contribution >= 0.6 is 11.8 Å². The van der Waals surface area contributed by atoms with Crippen molar-refractivity contribution in [1.29, 1.82) is 0 Å². The van der Waals surface area contributed by atoms with Crippen molar-refractivity contribution in [3.8, 4) is 0 Å². The maximum Gasteiger partial charge on any atom is 0.227 e. The molecule has 2 nitrogen and oxygen atoms in total. The Labute approximate surface area is 94.7 Å². The molecule has 0 aromatic heterocycles. The highest BCUT2D eigenvalue weighted by atomic mass is 32.2. The second-order valence-corrected chi connectivity index (χ2v) is 5.14. The molecule has 1 aromatic rings. The molecule has 0 saturated carbocycles. The fourth-order valence-electron chi connectivity index (χ4n) is 1.79. The number of hydrogen-bond acceptors (Lipinski definition) is 2. The molecule has 1 aromatic carbocycles. The van der Waals surface area contributed by atoms with Crippen molar-refractivity contribution in [3.05, 3.63) is 35.9 Å². The minimum absolute atomic E-state index is 0.249. The summed E-state index contributed by atoms with van der Waals surface area (Å²) in [6.07, 6.45) is 0.533. The lowest BCUT2D eigenvalue weighted by atomic mass is 10.1. The van der Waals surface area contributed by atoms with Gasteiger partial charge in [-0.05, 0) is 12.5 Å². The first-order valence-electron chi connectivity index (χ1n) is 5.22. The van der Waals surface area contributed by atoms with Crippen molar-refractivity contribution < 1.29 is 4.79 Å². The number of carbonyl (C=O) groups is 1. The van der Waals surface area contributed by atoms with Crippen LogP contribution in [0.1, 0.15) is 12.5 Å². The molecule has 1 heterocycles. The first-order chi connectivity index (χ1) is 7.27. The van der Waals surface area contributed by atoms with Crippen molar-refractivity contribution in [2.24, 2.45) is 0 Å². The number of hydrogen-bond donors (Lipinski definition) is 0. The Hall–Kier alpha value is -0.960. The smallest absolute Gasteiger partial charge is 0.227 e. The molecule has 15 heavy (non-hydrogen) atoms. The molecule has 80 valence electrons. The van der Waals surface area contributed by atoms with Crippen molar-refractivity contribution in [2.75, 3.05) is 12.3 Å². The van der Waals surface area contributed by atoms with E-state index >= 15 is 0 Å². The molecule has 0 bridgehead atoms. The molecule has 3 heteroatoms. The largest absolute Gasteiger partial charge is 0.330 e. The molecular weight excluding hydrogens is 206 g/mol. The van der Waals surface area contributed by atoms with Gasteiger partial charge in [0.25, 0.3) is 0 Å². The van der Waals surface area contributed by atoms with Crippen LogP contribution in [0, 0.1) is 0 Å². The molecule has 0 spiro atoms. The van der Waals surface area contributed by atoms with Crippen molar-refractivity contribution in [2.45, 2.75) is 18.7 Å². The first-order valence-corrected chi connectivity index (χ1v) is 6.27. The van der Waals surface area contributed by atoms with Gasteiger partial charge >= 0.3 is 0 Å². The van der Waals surface area contributed by atoms with Crippen LogP contribution in [0.15, 0.2) is 30.3 Å². The lowest BCUT2D eigenvalue weighted by molar-refractivity contribution is -0.130. The summed E-state index contributed by atoms with van der Waals surface area (Å²) < 4.78 is 0. The molecule has 1 atom stereocenters. The van der Waals surface area contributed by atoms with Gasteiger partial charge in [0, 0.05) is 12.3 Å². The number of amides is 1. The normalized spacial score (nSPS) is 20.6. The van der Waals surface area contributed by atoms with Crippen LogP contribution in [0.25, 0.3) is 0 Å². The summed E-state index contributed by atoms with van der Waals surface area (Å²) in [5.74, 6) is 1.32. The van der Waals surface area contributed by atoms with Gasteiger partial charge in [-0.25, -0.2) is 0 Å². The molecule has 0 radical (unpaired) electrons. The molecular formula is C12H15NOS. The minimum atomic E-state index is 0.249. The highest BCUT2D eigenvalue weighted by molar-refractivity contribution is 8.00. The van der Waals surface area contributed by atoms with Crippen molar-refractivity contribution >= 4 is 17.7 Å². The van der Waals surface area contributed by atoms with E-state index in [4.69, 9.17) is 0 Å². The summed E-state index contributed by atoms with van der Waals surface area (Å²) in [7, 11) is 0. The molecule has 1 amide bonds. The van der Waals surface area contributed by atoms with Crippen LogP contribution in [0.5, 0.6) is 0 Å². The van der Waals surface area contributed by atoms with Crippen LogP contribution < -0.4 is 0 Å². The van der Waals surface area contributed by atoms with Crippen LogP contribution in [-0.4, -0.2) is 28.5 Å². The minimum Gasteiger partial charge on any atom is -0.330 e. The van der Waals surface area contributed by atoms with Crippen molar-refractivity contribution in [3.63, 3.8) is 0 Å². The van der Waals surface area contributed by atoms with Gasteiger partial charge in [-0.1, -0.05) is 30.3 Å². The number of benzene rings is 1. The summed E-state index contributed by atoms with van der Waals surface area (Å²) in [6.45, 7) is 3.00. The predicted octanol–water partition coefficient (Wildman–Crippen LogP) is 2.15. The monoisotopic (exact) mass is 221 g/mol. The van der Waals surface area contributed by atoms with E-state index in [0.717, 1.165) is 17.9 Å². The topological polar surface area (TPSA) is 20.3 Å². The van der Waals surface area contributed by atoms with Gasteiger partial charge in [0.2, 0.25) is 5.91 Å². The van der Waals surface area contributed by atoms with Gasteiger partial charge in [-0.2, -0.15) is 0 Å². The van der Waals surface area contributed by atoms with Crippen LogP contribution in [-0.2, 0) is 11.2 Å². The Morgan fingerprint density at radius 3 is 2.80 bits per heavy atom. The van der Waals surface area contributed by atoms with Gasteiger partial charge in [-0.15, -0.1) is 11.8 Å². The summed E-state index contributed by atoms with van der Waals surface area (Å²) >= 11 is 1.85. The van der Waals surface area contributed by atoms with E-state index in [-0.39, 0.29) is 5.91 Å². The fraction of sp³-hybridized carbons (Fsp3) is 0.417. The van der Waals surface area contributed by atoms with Crippen LogP contribution in [0.4, 0.5) is 0 Å². The fourth-order valence-corrected chi connectivity index (χ4v) is 2.84. The lowest BCUT2D eigenvalue weighted by Crippen LogP contribution is -2.34. The van der Waals surface area contributed by atoms with Gasteiger partial charge < -0.3 is 4.90 Å². The Morgan fingerprint density at radius 2 is 2.20 bits per heavy atom. The molecule has 1 fully saturated rings. The van der Waals surface area contributed by atoms with Crippen LogP contribution in [0.2, 0.25) is 0 Å². The van der Waals surface area contributed by atoms with Gasteiger partial charge in [0.15, 0.2) is 0 Å². The third kappa shape index (κ3) is 2.53. The summed E-state index contributed by atoms with van der Waals surface area (Å²) in [5.41, 5.74) is 1.10. The van der Waals surface area contributed by atoms with Crippen LogP contribution in [0.3, 0.4) is 0 Å². The lowest BCUT2D eigenvalue weighted by Gasteiger charge is -2.20. The SMILES string of the molecule is CC1SCCN1C(=O)Cc1ccccc1. The zero-order valence-electron chi connectivity index (χ0n) is 8.85. The number of rotatable bonds is 2. The van der Waals surface area contributed by atoms with Gasteiger partial charge in [0.1, 0.15) is 0 Å². The number of thioether (sulfide) groups is 1. The predicted molar refractivity (Wildman–Crippen MR) is 63.8 cm³/mol. The average Bonchev–Trinajstić information content (AvgIpc) is 2.66. The van der Waals surface area contributed by atoms with E-state index in [1.807, 2.05) is 47.0 Å².